The molecule has 0 saturated carbocycles. The normalized spacial score (nSPS) is 17.5. The molecule has 0 amide bonds. The molecule has 1 heterocycles. The van der Waals surface area contributed by atoms with Crippen LogP contribution in [0.1, 0.15) is 35.4 Å². The molecule has 0 aliphatic carbocycles. The number of benzene rings is 4. The van der Waals surface area contributed by atoms with E-state index in [9.17, 15) is 0 Å². The third-order valence-corrected chi connectivity index (χ3v) is 7.89. The second kappa shape index (κ2) is 13.8. The molecular weight excluding hydrogens is 490 g/mol. The van der Waals surface area contributed by atoms with Crippen LogP contribution in [0.2, 0.25) is 0 Å². The number of ether oxygens (including phenoxy) is 3. The van der Waals surface area contributed by atoms with E-state index in [1.54, 1.807) is 11.8 Å². The zero-order valence-electron chi connectivity index (χ0n) is 22.1. The Morgan fingerprint density at radius 2 is 1.61 bits per heavy atom. The highest BCUT2D eigenvalue weighted by Crippen LogP contribution is 2.30. The molecule has 0 bridgehead atoms. The van der Waals surface area contributed by atoms with Crippen molar-refractivity contribution in [1.82, 2.24) is 5.32 Å². The highest BCUT2D eigenvalue weighted by molar-refractivity contribution is 7.98. The lowest BCUT2D eigenvalue weighted by atomic mass is 9.87. The number of hydrogen-bond acceptors (Lipinski definition) is 5. The zero-order chi connectivity index (χ0) is 26.0. The Morgan fingerprint density at radius 3 is 2.42 bits per heavy atom. The van der Waals surface area contributed by atoms with Crippen LogP contribution in [-0.4, -0.2) is 38.7 Å². The van der Waals surface area contributed by atoms with E-state index in [2.05, 4.69) is 103 Å². The van der Waals surface area contributed by atoms with Crippen molar-refractivity contribution in [2.45, 2.75) is 43.0 Å². The van der Waals surface area contributed by atoms with Crippen molar-refractivity contribution >= 4 is 22.5 Å². The first-order valence-corrected chi connectivity index (χ1v) is 14.7. The SMILES string of the molecule is CSc1ccc(COCCCOc2ccc(C3CCNCC3OCc3ccc4ccccc4c3)cc2)cc1. The van der Waals surface area contributed by atoms with Gasteiger partial charge in [0.15, 0.2) is 0 Å². The van der Waals surface area contributed by atoms with Crippen LogP contribution in [0, 0.1) is 0 Å². The van der Waals surface area contributed by atoms with Crippen molar-refractivity contribution < 1.29 is 14.2 Å². The number of hydrogen-bond donors (Lipinski definition) is 1. The third-order valence-electron chi connectivity index (χ3n) is 7.14. The smallest absolute Gasteiger partial charge is 0.119 e. The number of fused-ring (bicyclic) bond motifs is 1. The van der Waals surface area contributed by atoms with Gasteiger partial charge < -0.3 is 19.5 Å². The van der Waals surface area contributed by atoms with Crippen molar-refractivity contribution in [1.29, 1.82) is 0 Å². The molecule has 5 heteroatoms. The second-order valence-corrected chi connectivity index (χ2v) is 10.7. The number of nitrogens with one attached hydrogen (secondary N) is 1. The van der Waals surface area contributed by atoms with Gasteiger partial charge in [0, 0.05) is 23.8 Å². The minimum Gasteiger partial charge on any atom is -0.494 e. The highest BCUT2D eigenvalue weighted by Gasteiger charge is 2.27. The van der Waals surface area contributed by atoms with E-state index >= 15 is 0 Å². The summed E-state index contributed by atoms with van der Waals surface area (Å²) in [7, 11) is 0. The number of piperidine rings is 1. The molecule has 4 nitrogen and oxygen atoms in total. The van der Waals surface area contributed by atoms with Crippen LogP contribution < -0.4 is 10.1 Å². The predicted molar refractivity (Wildman–Crippen MR) is 157 cm³/mol. The Morgan fingerprint density at radius 1 is 0.816 bits per heavy atom. The summed E-state index contributed by atoms with van der Waals surface area (Å²) >= 11 is 1.75. The summed E-state index contributed by atoms with van der Waals surface area (Å²) in [6, 6.07) is 32.2. The molecule has 1 N–H and O–H groups in total. The Balaban J connectivity index is 1.06. The van der Waals surface area contributed by atoms with Crippen LogP contribution in [0.15, 0.2) is 95.9 Å². The van der Waals surface area contributed by atoms with Gasteiger partial charge in [-0.05, 0) is 77.0 Å². The van der Waals surface area contributed by atoms with Gasteiger partial charge in [-0.15, -0.1) is 11.8 Å². The van der Waals surface area contributed by atoms with Gasteiger partial charge in [-0.3, -0.25) is 0 Å². The maximum absolute atomic E-state index is 6.45. The Kier molecular flexibility index (Phi) is 9.73. The van der Waals surface area contributed by atoms with Crippen LogP contribution in [0.3, 0.4) is 0 Å². The average Bonchev–Trinajstić information content (AvgIpc) is 2.98. The number of rotatable bonds is 12. The van der Waals surface area contributed by atoms with Gasteiger partial charge in [0.05, 0.1) is 32.5 Å². The van der Waals surface area contributed by atoms with Gasteiger partial charge >= 0.3 is 0 Å². The Labute approximate surface area is 230 Å². The molecule has 1 saturated heterocycles. The van der Waals surface area contributed by atoms with E-state index in [-0.39, 0.29) is 6.10 Å². The van der Waals surface area contributed by atoms with Crippen molar-refractivity contribution in [3.63, 3.8) is 0 Å². The summed E-state index contributed by atoms with van der Waals surface area (Å²) in [4.78, 5) is 1.28. The maximum atomic E-state index is 6.45. The third kappa shape index (κ3) is 7.39. The lowest BCUT2D eigenvalue weighted by Gasteiger charge is -2.32. The highest BCUT2D eigenvalue weighted by atomic mass is 32.2. The molecular formula is C33H37NO3S. The molecule has 0 spiro atoms. The predicted octanol–water partition coefficient (Wildman–Crippen LogP) is 7.21. The molecule has 4 aromatic rings. The first-order chi connectivity index (χ1) is 18.8. The van der Waals surface area contributed by atoms with Crippen LogP contribution in [0.5, 0.6) is 5.75 Å². The van der Waals surface area contributed by atoms with E-state index in [1.807, 2.05) is 0 Å². The summed E-state index contributed by atoms with van der Waals surface area (Å²) in [6.07, 6.45) is 4.17. The Hall–Kier alpha value is -2.83. The van der Waals surface area contributed by atoms with E-state index in [1.165, 1.54) is 32.4 Å². The van der Waals surface area contributed by atoms with Crippen molar-refractivity contribution in [3.05, 3.63) is 108 Å². The molecule has 38 heavy (non-hydrogen) atoms. The minimum atomic E-state index is 0.149. The molecule has 0 aromatic heterocycles. The average molecular weight is 528 g/mol. The standard InChI is InChI=1S/C33H37NO3S/c1-38-31-15-8-25(9-16-31)23-35-19-4-20-36-30-13-11-28(12-14-30)32-17-18-34-22-33(32)37-24-26-7-10-27-5-2-3-6-29(27)21-26/h2-3,5-16,21,32-34H,4,17-20,22-24H2,1H3. The summed E-state index contributed by atoms with van der Waals surface area (Å²) in [5.41, 5.74) is 3.74. The number of thioether (sulfide) groups is 1. The minimum absolute atomic E-state index is 0.149. The van der Waals surface area contributed by atoms with Gasteiger partial charge in [-0.25, -0.2) is 0 Å². The molecule has 1 aliphatic rings. The van der Waals surface area contributed by atoms with E-state index < -0.39 is 0 Å². The van der Waals surface area contributed by atoms with Crippen LogP contribution in [-0.2, 0) is 22.7 Å². The summed E-state index contributed by atoms with van der Waals surface area (Å²) in [5.74, 6) is 1.29. The van der Waals surface area contributed by atoms with Crippen LogP contribution in [0.4, 0.5) is 0 Å². The fourth-order valence-electron chi connectivity index (χ4n) is 4.99. The fourth-order valence-corrected chi connectivity index (χ4v) is 5.40. The van der Waals surface area contributed by atoms with E-state index in [0.29, 0.717) is 32.3 Å². The molecule has 1 fully saturated rings. The van der Waals surface area contributed by atoms with Crippen molar-refractivity contribution in [2.75, 3.05) is 32.6 Å². The van der Waals surface area contributed by atoms with Crippen LogP contribution >= 0.6 is 11.8 Å². The van der Waals surface area contributed by atoms with E-state index in [4.69, 9.17) is 14.2 Å². The van der Waals surface area contributed by atoms with E-state index in [0.717, 1.165) is 31.7 Å². The summed E-state index contributed by atoms with van der Waals surface area (Å²) in [5, 5.41) is 6.03. The molecule has 2 atom stereocenters. The lowest BCUT2D eigenvalue weighted by Crippen LogP contribution is -2.40. The zero-order valence-corrected chi connectivity index (χ0v) is 22.9. The van der Waals surface area contributed by atoms with Gasteiger partial charge in [0.1, 0.15) is 5.75 Å². The van der Waals surface area contributed by atoms with Gasteiger partial charge in [-0.1, -0.05) is 60.7 Å². The molecule has 1 aliphatic heterocycles. The topological polar surface area (TPSA) is 39.7 Å². The first kappa shape index (κ1) is 26.8. The monoisotopic (exact) mass is 527 g/mol. The van der Waals surface area contributed by atoms with Gasteiger partial charge in [0.25, 0.3) is 0 Å². The molecule has 5 rings (SSSR count). The maximum Gasteiger partial charge on any atom is 0.119 e. The Bertz CT molecular complexity index is 1280. The summed E-state index contributed by atoms with van der Waals surface area (Å²) < 4.78 is 18.2. The fraction of sp³-hybridized carbons (Fsp3) is 0.333. The second-order valence-electron chi connectivity index (χ2n) is 9.80. The van der Waals surface area contributed by atoms with Gasteiger partial charge in [-0.2, -0.15) is 0 Å². The molecule has 2 unspecified atom stereocenters. The summed E-state index contributed by atoms with van der Waals surface area (Å²) in [6.45, 7) is 4.49. The molecule has 4 aromatic carbocycles. The van der Waals surface area contributed by atoms with Crippen molar-refractivity contribution in [3.8, 4) is 5.75 Å². The quantitative estimate of drug-likeness (QED) is 0.156. The lowest BCUT2D eigenvalue weighted by molar-refractivity contribution is 0.0106. The van der Waals surface area contributed by atoms with Crippen LogP contribution in [0.25, 0.3) is 10.8 Å². The van der Waals surface area contributed by atoms with Gasteiger partial charge in [0.2, 0.25) is 0 Å². The largest absolute Gasteiger partial charge is 0.494 e. The first-order valence-electron chi connectivity index (χ1n) is 13.5. The van der Waals surface area contributed by atoms with Crippen molar-refractivity contribution in [2.24, 2.45) is 0 Å². The molecule has 0 radical (unpaired) electrons. The molecule has 198 valence electrons.